The average molecular weight is 338 g/mol. The molecule has 0 spiro atoms. The topological polar surface area (TPSA) is 41.6 Å². The van der Waals surface area contributed by atoms with Crippen LogP contribution in [0.15, 0.2) is 48.5 Å². The molecule has 0 saturated carbocycles. The van der Waals surface area contributed by atoms with Gasteiger partial charge in [-0.15, -0.1) is 0 Å². The van der Waals surface area contributed by atoms with E-state index in [2.05, 4.69) is 34.5 Å². The van der Waals surface area contributed by atoms with E-state index in [1.807, 2.05) is 12.1 Å². The van der Waals surface area contributed by atoms with Crippen molar-refractivity contribution in [2.45, 2.75) is 25.8 Å². The van der Waals surface area contributed by atoms with Crippen LogP contribution in [0.5, 0.6) is 5.75 Å². The lowest BCUT2D eigenvalue weighted by molar-refractivity contribution is 0.0952. The number of nitrogens with zero attached hydrogens (tertiary/aromatic N) is 1. The fourth-order valence-corrected chi connectivity index (χ4v) is 3.25. The number of carbonyl (C=O) groups excluding carboxylic acids is 1. The summed E-state index contributed by atoms with van der Waals surface area (Å²) in [6, 6.07) is 15.9. The molecule has 0 saturated heterocycles. The van der Waals surface area contributed by atoms with Gasteiger partial charge in [-0.25, -0.2) is 0 Å². The zero-order valence-electron chi connectivity index (χ0n) is 14.8. The first-order valence-corrected chi connectivity index (χ1v) is 8.97. The van der Waals surface area contributed by atoms with Gasteiger partial charge in [0.05, 0.1) is 7.11 Å². The fourth-order valence-electron chi connectivity index (χ4n) is 3.25. The highest BCUT2D eigenvalue weighted by Crippen LogP contribution is 2.18. The molecule has 1 aliphatic heterocycles. The summed E-state index contributed by atoms with van der Waals surface area (Å²) in [5, 5.41) is 2.99. The number of nitrogens with one attached hydrogen (secondary N) is 1. The lowest BCUT2D eigenvalue weighted by atomic mass is 10.00. The Bertz CT molecular complexity index is 697. The number of hydrogen-bond acceptors (Lipinski definition) is 3. The van der Waals surface area contributed by atoms with Crippen molar-refractivity contribution in [2.24, 2.45) is 0 Å². The fraction of sp³-hybridized carbons (Fsp3) is 0.381. The van der Waals surface area contributed by atoms with Gasteiger partial charge in [-0.1, -0.05) is 24.3 Å². The number of unbranched alkanes of at least 4 members (excludes halogenated alkanes) is 1. The minimum absolute atomic E-state index is 0.0189. The van der Waals surface area contributed by atoms with E-state index in [9.17, 15) is 4.79 Å². The van der Waals surface area contributed by atoms with Crippen LogP contribution in [0.25, 0.3) is 0 Å². The molecular weight excluding hydrogens is 312 g/mol. The molecule has 2 aromatic rings. The molecule has 0 bridgehead atoms. The molecule has 1 N–H and O–H groups in total. The second-order valence-electron chi connectivity index (χ2n) is 6.49. The van der Waals surface area contributed by atoms with Crippen LogP contribution in [-0.2, 0) is 13.0 Å². The molecule has 0 atom stereocenters. The maximum atomic E-state index is 12.1. The monoisotopic (exact) mass is 338 g/mol. The number of carbonyl (C=O) groups is 1. The SMILES string of the molecule is COc1ccc(C(=O)NCCCCN2CCc3ccccc3C2)cc1. The third kappa shape index (κ3) is 4.83. The minimum atomic E-state index is -0.0189. The van der Waals surface area contributed by atoms with Crippen molar-refractivity contribution in [1.82, 2.24) is 10.2 Å². The van der Waals surface area contributed by atoms with Gasteiger partial charge in [0.1, 0.15) is 5.75 Å². The highest BCUT2D eigenvalue weighted by Gasteiger charge is 2.14. The van der Waals surface area contributed by atoms with Crippen LogP contribution in [0.3, 0.4) is 0 Å². The Balaban J connectivity index is 1.34. The number of hydrogen-bond donors (Lipinski definition) is 1. The Morgan fingerprint density at radius 2 is 1.84 bits per heavy atom. The summed E-state index contributed by atoms with van der Waals surface area (Å²) in [6.45, 7) is 3.99. The predicted octanol–water partition coefficient (Wildman–Crippen LogP) is 3.26. The zero-order valence-corrected chi connectivity index (χ0v) is 14.8. The Hall–Kier alpha value is -2.33. The molecule has 0 aliphatic carbocycles. The van der Waals surface area contributed by atoms with Crippen LogP contribution < -0.4 is 10.1 Å². The van der Waals surface area contributed by atoms with E-state index in [1.54, 1.807) is 19.2 Å². The largest absolute Gasteiger partial charge is 0.497 e. The maximum absolute atomic E-state index is 12.1. The molecule has 4 nitrogen and oxygen atoms in total. The maximum Gasteiger partial charge on any atom is 0.251 e. The number of fused-ring (bicyclic) bond motifs is 1. The second kappa shape index (κ2) is 8.67. The Morgan fingerprint density at radius 1 is 1.08 bits per heavy atom. The van der Waals surface area contributed by atoms with E-state index in [-0.39, 0.29) is 5.91 Å². The number of amides is 1. The molecule has 0 aromatic heterocycles. The number of rotatable bonds is 7. The van der Waals surface area contributed by atoms with Gasteiger partial charge in [0.25, 0.3) is 5.91 Å². The van der Waals surface area contributed by atoms with Gasteiger partial charge >= 0.3 is 0 Å². The zero-order chi connectivity index (χ0) is 17.5. The van der Waals surface area contributed by atoms with Crippen molar-refractivity contribution < 1.29 is 9.53 Å². The number of benzene rings is 2. The summed E-state index contributed by atoms with van der Waals surface area (Å²) in [5.74, 6) is 0.745. The highest BCUT2D eigenvalue weighted by molar-refractivity contribution is 5.94. The van der Waals surface area contributed by atoms with Crippen LogP contribution in [0.4, 0.5) is 0 Å². The summed E-state index contributed by atoms with van der Waals surface area (Å²) < 4.78 is 5.11. The van der Waals surface area contributed by atoms with Crippen molar-refractivity contribution in [3.8, 4) is 5.75 Å². The van der Waals surface area contributed by atoms with Gasteiger partial charge in [0.2, 0.25) is 0 Å². The summed E-state index contributed by atoms with van der Waals surface area (Å²) in [4.78, 5) is 14.6. The summed E-state index contributed by atoms with van der Waals surface area (Å²) in [6.07, 6.45) is 3.25. The molecule has 132 valence electrons. The van der Waals surface area contributed by atoms with Crippen LogP contribution in [-0.4, -0.2) is 37.6 Å². The molecule has 4 heteroatoms. The number of ether oxygens (including phenoxy) is 1. The molecule has 3 rings (SSSR count). The first-order valence-electron chi connectivity index (χ1n) is 8.97. The summed E-state index contributed by atoms with van der Waals surface area (Å²) >= 11 is 0. The van der Waals surface area contributed by atoms with E-state index in [1.165, 1.54) is 11.1 Å². The molecular formula is C21H26N2O2. The Morgan fingerprint density at radius 3 is 2.60 bits per heavy atom. The minimum Gasteiger partial charge on any atom is -0.497 e. The van der Waals surface area contributed by atoms with E-state index in [4.69, 9.17) is 4.74 Å². The van der Waals surface area contributed by atoms with Crippen molar-refractivity contribution in [3.05, 3.63) is 65.2 Å². The predicted molar refractivity (Wildman–Crippen MR) is 100.0 cm³/mol. The van der Waals surface area contributed by atoms with Gasteiger partial charge in [0, 0.05) is 25.2 Å². The molecule has 25 heavy (non-hydrogen) atoms. The van der Waals surface area contributed by atoms with Gasteiger partial charge in [-0.05, 0) is 61.2 Å². The van der Waals surface area contributed by atoms with E-state index in [0.717, 1.165) is 51.2 Å². The molecule has 0 unspecified atom stereocenters. The highest BCUT2D eigenvalue weighted by atomic mass is 16.5. The van der Waals surface area contributed by atoms with E-state index < -0.39 is 0 Å². The van der Waals surface area contributed by atoms with Gasteiger partial charge < -0.3 is 10.1 Å². The van der Waals surface area contributed by atoms with E-state index >= 15 is 0 Å². The van der Waals surface area contributed by atoms with Crippen LogP contribution in [0.2, 0.25) is 0 Å². The standard InChI is InChI=1S/C21H26N2O2/c1-25-20-10-8-18(9-11-20)21(24)22-13-4-5-14-23-15-12-17-6-2-3-7-19(17)16-23/h2-3,6-11H,4-5,12-16H2,1H3,(H,22,24). The van der Waals surface area contributed by atoms with E-state index in [0.29, 0.717) is 5.56 Å². The quantitative estimate of drug-likeness (QED) is 0.788. The summed E-state index contributed by atoms with van der Waals surface area (Å²) in [5.41, 5.74) is 3.63. The molecule has 1 amide bonds. The first kappa shape index (κ1) is 17.5. The second-order valence-corrected chi connectivity index (χ2v) is 6.49. The lowest BCUT2D eigenvalue weighted by Crippen LogP contribution is -2.32. The van der Waals surface area contributed by atoms with Gasteiger partial charge in [-0.3, -0.25) is 9.69 Å². The molecule has 1 aliphatic rings. The lowest BCUT2D eigenvalue weighted by Gasteiger charge is -2.28. The third-order valence-electron chi connectivity index (χ3n) is 4.75. The van der Waals surface area contributed by atoms with Crippen molar-refractivity contribution in [3.63, 3.8) is 0 Å². The van der Waals surface area contributed by atoms with Crippen LogP contribution >= 0.6 is 0 Å². The van der Waals surface area contributed by atoms with Crippen molar-refractivity contribution in [1.29, 1.82) is 0 Å². The normalized spacial score (nSPS) is 14.0. The average Bonchev–Trinajstić information content (AvgIpc) is 2.67. The van der Waals surface area contributed by atoms with Crippen LogP contribution in [0.1, 0.15) is 34.3 Å². The number of methoxy groups -OCH3 is 1. The van der Waals surface area contributed by atoms with Crippen molar-refractivity contribution in [2.75, 3.05) is 26.7 Å². The van der Waals surface area contributed by atoms with Crippen molar-refractivity contribution >= 4 is 5.91 Å². The molecule has 0 radical (unpaired) electrons. The van der Waals surface area contributed by atoms with Gasteiger partial charge in [0.15, 0.2) is 0 Å². The molecule has 1 heterocycles. The smallest absolute Gasteiger partial charge is 0.251 e. The van der Waals surface area contributed by atoms with Gasteiger partial charge in [-0.2, -0.15) is 0 Å². The molecule has 2 aromatic carbocycles. The molecule has 0 fully saturated rings. The third-order valence-corrected chi connectivity index (χ3v) is 4.75. The summed E-state index contributed by atoms with van der Waals surface area (Å²) in [7, 11) is 1.62. The Kier molecular flexibility index (Phi) is 6.07. The van der Waals surface area contributed by atoms with Crippen LogP contribution in [0, 0.1) is 0 Å². The first-order chi connectivity index (χ1) is 12.3. The Labute approximate surface area is 149 Å².